The molecule has 2 aliphatic carbocycles. The van der Waals surface area contributed by atoms with Crippen LogP contribution in [-0.4, -0.2) is 6.61 Å². The van der Waals surface area contributed by atoms with Crippen LogP contribution in [0.5, 0.6) is 5.75 Å². The summed E-state index contributed by atoms with van der Waals surface area (Å²) in [5, 5.41) is 0.107. The molecular formula is C31H43F3O. The number of aryl methyl sites for hydroxylation is 1. The maximum atomic E-state index is 14.9. The van der Waals surface area contributed by atoms with Crippen LogP contribution in [0, 0.1) is 41.1 Å². The highest BCUT2D eigenvalue weighted by molar-refractivity contribution is 5.86. The van der Waals surface area contributed by atoms with Gasteiger partial charge in [0.1, 0.15) is 0 Å². The molecule has 0 N–H and O–H groups in total. The molecule has 0 atom stereocenters. The van der Waals surface area contributed by atoms with Crippen molar-refractivity contribution in [3.8, 4) is 5.75 Å². The van der Waals surface area contributed by atoms with Crippen molar-refractivity contribution in [1.82, 2.24) is 0 Å². The van der Waals surface area contributed by atoms with Gasteiger partial charge in [-0.05, 0) is 91.7 Å². The van der Waals surface area contributed by atoms with Crippen LogP contribution in [0.3, 0.4) is 0 Å². The Labute approximate surface area is 209 Å². The molecule has 194 valence electrons. The molecule has 0 radical (unpaired) electrons. The minimum Gasteiger partial charge on any atom is -0.490 e. The van der Waals surface area contributed by atoms with E-state index in [-0.39, 0.29) is 11.1 Å². The van der Waals surface area contributed by atoms with E-state index in [0.29, 0.717) is 29.9 Å². The van der Waals surface area contributed by atoms with Gasteiger partial charge in [0.05, 0.1) is 12.0 Å². The van der Waals surface area contributed by atoms with Gasteiger partial charge in [0, 0.05) is 0 Å². The monoisotopic (exact) mass is 488 g/mol. The first-order valence-electron chi connectivity index (χ1n) is 14.2. The van der Waals surface area contributed by atoms with Crippen molar-refractivity contribution in [3.05, 3.63) is 41.2 Å². The van der Waals surface area contributed by atoms with Gasteiger partial charge in [0.2, 0.25) is 0 Å². The van der Waals surface area contributed by atoms with Crippen LogP contribution >= 0.6 is 0 Å². The second-order valence-corrected chi connectivity index (χ2v) is 11.2. The lowest BCUT2D eigenvalue weighted by Crippen LogP contribution is -2.26. The van der Waals surface area contributed by atoms with Gasteiger partial charge in [0.15, 0.2) is 23.2 Å². The number of ether oxygens (including phenoxy) is 1. The van der Waals surface area contributed by atoms with E-state index in [4.69, 9.17) is 4.74 Å². The fourth-order valence-corrected chi connectivity index (χ4v) is 6.70. The van der Waals surface area contributed by atoms with Crippen molar-refractivity contribution >= 4 is 10.8 Å². The Morgan fingerprint density at radius 3 is 1.97 bits per heavy atom. The largest absolute Gasteiger partial charge is 0.490 e. The summed E-state index contributed by atoms with van der Waals surface area (Å²) in [6.07, 6.45) is 16.4. The van der Waals surface area contributed by atoms with E-state index < -0.39 is 17.5 Å². The lowest BCUT2D eigenvalue weighted by Gasteiger charge is -2.38. The highest BCUT2D eigenvalue weighted by atomic mass is 19.2. The molecule has 4 heteroatoms. The SMILES string of the molecule is CCCCOc1ccc2cc(CCC3CCC(C4CCC(CCC)CC4)CC3)c(F)c(F)c2c1F. The third kappa shape index (κ3) is 6.35. The Kier molecular flexibility index (Phi) is 9.41. The molecule has 0 aliphatic heterocycles. The third-order valence-electron chi connectivity index (χ3n) is 8.89. The summed E-state index contributed by atoms with van der Waals surface area (Å²) in [5.74, 6) is 0.502. The lowest BCUT2D eigenvalue weighted by molar-refractivity contribution is 0.141. The van der Waals surface area contributed by atoms with E-state index >= 15 is 0 Å². The van der Waals surface area contributed by atoms with Crippen molar-refractivity contribution in [2.45, 2.75) is 104 Å². The average Bonchev–Trinajstić information content (AvgIpc) is 2.87. The summed E-state index contributed by atoms with van der Waals surface area (Å²) in [6.45, 7) is 4.68. The molecule has 2 aromatic carbocycles. The van der Waals surface area contributed by atoms with Gasteiger partial charge in [-0.15, -0.1) is 0 Å². The van der Waals surface area contributed by atoms with Gasteiger partial charge in [-0.2, -0.15) is 0 Å². The maximum Gasteiger partial charge on any atom is 0.175 e. The standard InChI is InChI=1S/C31H43F3O/c1-3-5-19-35-27-18-17-25-20-26(29(32)31(34)28(25)30(27)33)16-11-22-9-14-24(15-10-22)23-12-7-21(6-4-2)8-13-23/h17-18,20-24H,3-16,19H2,1-2H3. The van der Waals surface area contributed by atoms with Crippen LogP contribution in [0.25, 0.3) is 10.8 Å². The molecule has 0 aromatic heterocycles. The molecule has 2 aromatic rings. The van der Waals surface area contributed by atoms with Crippen molar-refractivity contribution in [3.63, 3.8) is 0 Å². The highest BCUT2D eigenvalue weighted by Gasteiger charge is 2.31. The first-order chi connectivity index (χ1) is 17.0. The molecule has 0 heterocycles. The van der Waals surface area contributed by atoms with Gasteiger partial charge in [-0.1, -0.05) is 64.9 Å². The molecule has 0 spiro atoms. The second kappa shape index (κ2) is 12.5. The Hall–Kier alpha value is -1.71. The molecule has 2 saturated carbocycles. The first kappa shape index (κ1) is 26.4. The zero-order valence-corrected chi connectivity index (χ0v) is 21.7. The van der Waals surface area contributed by atoms with Crippen LogP contribution in [0.2, 0.25) is 0 Å². The Bertz CT molecular complexity index is 956. The maximum absolute atomic E-state index is 14.9. The summed E-state index contributed by atoms with van der Waals surface area (Å²) in [5.41, 5.74) is 0.366. The molecular weight excluding hydrogens is 445 g/mol. The van der Waals surface area contributed by atoms with Gasteiger partial charge < -0.3 is 4.74 Å². The molecule has 4 rings (SSSR count). The summed E-state index contributed by atoms with van der Waals surface area (Å²) >= 11 is 0. The number of fused-ring (bicyclic) bond motifs is 1. The fourth-order valence-electron chi connectivity index (χ4n) is 6.70. The normalized spacial score (nSPS) is 25.2. The Morgan fingerprint density at radius 1 is 0.743 bits per heavy atom. The minimum atomic E-state index is -1.08. The Balaban J connectivity index is 1.32. The number of unbranched alkanes of at least 4 members (excludes halogenated alkanes) is 1. The average molecular weight is 489 g/mol. The topological polar surface area (TPSA) is 9.23 Å². The van der Waals surface area contributed by atoms with E-state index in [9.17, 15) is 13.2 Å². The van der Waals surface area contributed by atoms with Crippen molar-refractivity contribution in [2.75, 3.05) is 6.61 Å². The quantitative estimate of drug-likeness (QED) is 0.302. The predicted octanol–water partition coefficient (Wildman–Crippen LogP) is 9.78. The first-order valence-corrected chi connectivity index (χ1v) is 14.2. The number of benzene rings is 2. The van der Waals surface area contributed by atoms with Crippen molar-refractivity contribution in [1.29, 1.82) is 0 Å². The number of halogens is 3. The molecule has 1 nitrogen and oxygen atoms in total. The van der Waals surface area contributed by atoms with Gasteiger partial charge in [-0.25, -0.2) is 13.2 Å². The number of rotatable bonds is 10. The van der Waals surface area contributed by atoms with Gasteiger partial charge >= 0.3 is 0 Å². The number of hydrogen-bond acceptors (Lipinski definition) is 1. The second-order valence-electron chi connectivity index (χ2n) is 11.2. The van der Waals surface area contributed by atoms with Gasteiger partial charge in [-0.3, -0.25) is 0 Å². The van der Waals surface area contributed by atoms with Crippen LogP contribution in [0.1, 0.15) is 103 Å². The van der Waals surface area contributed by atoms with Crippen LogP contribution < -0.4 is 4.74 Å². The molecule has 0 unspecified atom stereocenters. The third-order valence-corrected chi connectivity index (χ3v) is 8.89. The minimum absolute atomic E-state index is 0.00684. The molecule has 0 saturated heterocycles. The summed E-state index contributed by atoms with van der Waals surface area (Å²) in [7, 11) is 0. The molecule has 2 fully saturated rings. The molecule has 35 heavy (non-hydrogen) atoms. The fraction of sp³-hybridized carbons (Fsp3) is 0.677. The van der Waals surface area contributed by atoms with Crippen LogP contribution in [-0.2, 0) is 6.42 Å². The smallest absolute Gasteiger partial charge is 0.175 e. The van der Waals surface area contributed by atoms with Crippen LogP contribution in [0.4, 0.5) is 13.2 Å². The van der Waals surface area contributed by atoms with Crippen LogP contribution in [0.15, 0.2) is 18.2 Å². The van der Waals surface area contributed by atoms with E-state index in [0.717, 1.165) is 37.0 Å². The molecule has 0 bridgehead atoms. The summed E-state index contributed by atoms with van der Waals surface area (Å²) in [6, 6.07) is 4.81. The van der Waals surface area contributed by atoms with E-state index in [1.165, 1.54) is 70.3 Å². The van der Waals surface area contributed by atoms with E-state index in [2.05, 4.69) is 6.92 Å². The zero-order chi connectivity index (χ0) is 24.8. The highest BCUT2D eigenvalue weighted by Crippen LogP contribution is 2.43. The summed E-state index contributed by atoms with van der Waals surface area (Å²) < 4.78 is 50.1. The Morgan fingerprint density at radius 2 is 1.37 bits per heavy atom. The van der Waals surface area contributed by atoms with E-state index in [1.807, 2.05) is 6.92 Å². The zero-order valence-electron chi connectivity index (χ0n) is 21.7. The van der Waals surface area contributed by atoms with E-state index in [1.54, 1.807) is 12.1 Å². The van der Waals surface area contributed by atoms with Gasteiger partial charge in [0.25, 0.3) is 0 Å². The summed E-state index contributed by atoms with van der Waals surface area (Å²) in [4.78, 5) is 0. The predicted molar refractivity (Wildman–Crippen MR) is 138 cm³/mol. The molecule has 0 amide bonds. The molecule has 2 aliphatic rings. The van der Waals surface area contributed by atoms with Crippen molar-refractivity contribution in [2.24, 2.45) is 23.7 Å². The lowest BCUT2D eigenvalue weighted by atomic mass is 9.68. The van der Waals surface area contributed by atoms with Crippen molar-refractivity contribution < 1.29 is 17.9 Å². The number of hydrogen-bond donors (Lipinski definition) is 0.